The summed E-state index contributed by atoms with van der Waals surface area (Å²) in [5, 5.41) is 12.4. The third kappa shape index (κ3) is 7.01. The van der Waals surface area contributed by atoms with Crippen LogP contribution in [0.15, 0.2) is 41.6 Å². The highest BCUT2D eigenvalue weighted by molar-refractivity contribution is 7.99. The van der Waals surface area contributed by atoms with Crippen LogP contribution in [-0.4, -0.2) is 44.4 Å². The highest BCUT2D eigenvalue weighted by Gasteiger charge is 2.30. The monoisotopic (exact) mass is 495 g/mol. The van der Waals surface area contributed by atoms with Gasteiger partial charge in [-0.25, -0.2) is 0 Å². The van der Waals surface area contributed by atoms with Crippen LogP contribution in [0.2, 0.25) is 0 Å². The molecule has 1 aliphatic rings. The van der Waals surface area contributed by atoms with Crippen LogP contribution in [0, 0.1) is 0 Å². The molecule has 0 unspecified atom stereocenters. The van der Waals surface area contributed by atoms with Crippen molar-refractivity contribution in [3.05, 3.63) is 47.8 Å². The van der Waals surface area contributed by atoms with E-state index in [0.29, 0.717) is 29.8 Å². The van der Waals surface area contributed by atoms with Gasteiger partial charge in [0.05, 0.1) is 17.9 Å². The van der Waals surface area contributed by atoms with E-state index in [4.69, 9.17) is 0 Å². The zero-order valence-electron chi connectivity index (χ0n) is 19.7. The van der Waals surface area contributed by atoms with Crippen molar-refractivity contribution in [3.8, 4) is 0 Å². The maximum atomic E-state index is 13.1. The fourth-order valence-electron chi connectivity index (χ4n) is 4.14. The number of aromatic nitrogens is 3. The molecule has 0 aliphatic heterocycles. The predicted octanol–water partition coefficient (Wildman–Crippen LogP) is 5.93. The minimum atomic E-state index is -4.40. The van der Waals surface area contributed by atoms with Crippen molar-refractivity contribution >= 4 is 23.4 Å². The van der Waals surface area contributed by atoms with Gasteiger partial charge < -0.3 is 14.8 Å². The van der Waals surface area contributed by atoms with Gasteiger partial charge >= 0.3 is 6.18 Å². The third-order valence-electron chi connectivity index (χ3n) is 5.84. The molecule has 1 fully saturated rings. The first kappa shape index (κ1) is 26.1. The molecule has 3 rings (SSSR count). The van der Waals surface area contributed by atoms with Crippen molar-refractivity contribution in [2.24, 2.45) is 0 Å². The smallest absolute Gasteiger partial charge is 0.378 e. The van der Waals surface area contributed by atoms with Gasteiger partial charge in [0.2, 0.25) is 5.91 Å². The van der Waals surface area contributed by atoms with E-state index in [-0.39, 0.29) is 24.2 Å². The Bertz CT molecular complexity index is 985. The molecule has 1 aromatic carbocycles. The Hall–Kier alpha value is -2.49. The average Bonchev–Trinajstić information content (AvgIpc) is 3.22. The zero-order chi connectivity index (χ0) is 24.7. The lowest BCUT2D eigenvalue weighted by Crippen LogP contribution is -2.33. The van der Waals surface area contributed by atoms with E-state index in [2.05, 4.69) is 26.7 Å². The van der Waals surface area contributed by atoms with Crippen LogP contribution in [-0.2, 0) is 17.5 Å². The van der Waals surface area contributed by atoms with E-state index in [1.54, 1.807) is 11.0 Å². The molecular formula is C24H32F3N5OS. The maximum absolute atomic E-state index is 13.1. The van der Waals surface area contributed by atoms with E-state index in [0.717, 1.165) is 43.4 Å². The molecule has 1 N–H and O–H groups in total. The highest BCUT2D eigenvalue weighted by Crippen LogP contribution is 2.34. The molecule has 186 valence electrons. The number of hydrogen-bond donors (Lipinski definition) is 1. The number of thioether (sulfide) groups is 1. The largest absolute Gasteiger partial charge is 0.416 e. The van der Waals surface area contributed by atoms with Gasteiger partial charge in [-0.15, -0.1) is 10.2 Å². The van der Waals surface area contributed by atoms with Gasteiger partial charge in [0, 0.05) is 24.8 Å². The lowest BCUT2D eigenvalue weighted by atomic mass is 9.95. The topological polar surface area (TPSA) is 63.1 Å². The van der Waals surface area contributed by atoms with Gasteiger partial charge in [0.25, 0.3) is 0 Å². The summed E-state index contributed by atoms with van der Waals surface area (Å²) < 4.78 is 41.2. The average molecular weight is 496 g/mol. The van der Waals surface area contributed by atoms with Crippen LogP contribution in [0.1, 0.15) is 63.4 Å². The maximum Gasteiger partial charge on any atom is 0.416 e. The molecule has 1 saturated carbocycles. The van der Waals surface area contributed by atoms with Crippen LogP contribution < -0.4 is 5.32 Å². The molecule has 0 atom stereocenters. The van der Waals surface area contributed by atoms with Crippen LogP contribution in [0.4, 0.5) is 18.9 Å². The number of amides is 1. The summed E-state index contributed by atoms with van der Waals surface area (Å²) in [5.74, 6) is 0.915. The van der Waals surface area contributed by atoms with Crippen LogP contribution in [0.3, 0.4) is 0 Å². The van der Waals surface area contributed by atoms with Crippen molar-refractivity contribution in [1.82, 2.24) is 19.7 Å². The highest BCUT2D eigenvalue weighted by atomic mass is 32.2. The first-order chi connectivity index (χ1) is 16.2. The van der Waals surface area contributed by atoms with Gasteiger partial charge in [-0.3, -0.25) is 4.79 Å². The predicted molar refractivity (Wildman–Crippen MR) is 129 cm³/mol. The summed E-state index contributed by atoms with van der Waals surface area (Å²) in [5.41, 5.74) is 0.598. The third-order valence-corrected chi connectivity index (χ3v) is 6.76. The fraction of sp³-hybridized carbons (Fsp3) is 0.542. The molecule has 34 heavy (non-hydrogen) atoms. The van der Waals surface area contributed by atoms with Gasteiger partial charge in [0.1, 0.15) is 0 Å². The number of nitrogens with one attached hydrogen (secondary N) is 1. The number of hydrogen-bond acceptors (Lipinski definition) is 5. The molecule has 0 saturated heterocycles. The molecule has 6 nitrogen and oxygen atoms in total. The van der Waals surface area contributed by atoms with Crippen molar-refractivity contribution in [3.63, 3.8) is 0 Å². The summed E-state index contributed by atoms with van der Waals surface area (Å²) in [4.78, 5) is 14.5. The standard InChI is InChI=1S/C24H32F3N5OS/c1-4-31(15-17(2)3)22(33)16-34-23-30-29-21(32(23)20-11-6-5-7-12-20)14-28-19-10-8-9-18(13-19)24(25,26)27/h8-10,13,20,28H,2,4-7,11-12,14-16H2,1,3H3. The minimum Gasteiger partial charge on any atom is -0.378 e. The second kappa shape index (κ2) is 11.8. The van der Waals surface area contributed by atoms with E-state index in [1.165, 1.54) is 24.2 Å². The van der Waals surface area contributed by atoms with Gasteiger partial charge in [0.15, 0.2) is 11.0 Å². The van der Waals surface area contributed by atoms with Crippen molar-refractivity contribution in [1.29, 1.82) is 0 Å². The van der Waals surface area contributed by atoms with Crippen LogP contribution >= 0.6 is 11.8 Å². The number of carbonyl (C=O) groups is 1. The Balaban J connectivity index is 1.75. The number of rotatable bonds is 10. The van der Waals surface area contributed by atoms with Gasteiger partial charge in [-0.05, 0) is 44.9 Å². The Morgan fingerprint density at radius 2 is 2.00 bits per heavy atom. The van der Waals surface area contributed by atoms with E-state index >= 15 is 0 Å². The number of benzene rings is 1. The lowest BCUT2D eigenvalue weighted by Gasteiger charge is -2.26. The molecule has 1 aliphatic carbocycles. The summed E-state index contributed by atoms with van der Waals surface area (Å²) >= 11 is 1.36. The quantitative estimate of drug-likeness (QED) is 0.327. The first-order valence-electron chi connectivity index (χ1n) is 11.6. The number of likely N-dealkylation sites (N-methyl/N-ethyl adjacent to an activating group) is 1. The Labute approximate surface area is 203 Å². The Morgan fingerprint density at radius 1 is 1.26 bits per heavy atom. The van der Waals surface area contributed by atoms with Crippen LogP contribution in [0.5, 0.6) is 0 Å². The second-order valence-electron chi connectivity index (χ2n) is 8.65. The molecule has 10 heteroatoms. The number of alkyl halides is 3. The zero-order valence-corrected chi connectivity index (χ0v) is 20.5. The summed E-state index contributed by atoms with van der Waals surface area (Å²) in [6, 6.07) is 5.35. The number of halogens is 3. The van der Waals surface area contributed by atoms with Gasteiger partial charge in [-0.1, -0.05) is 49.2 Å². The number of carbonyl (C=O) groups excluding carboxylic acids is 1. The molecule has 1 amide bonds. The van der Waals surface area contributed by atoms with Gasteiger partial charge in [-0.2, -0.15) is 13.2 Å². The minimum absolute atomic E-state index is 0.0114. The van der Waals surface area contributed by atoms with Crippen LogP contribution in [0.25, 0.3) is 0 Å². The molecular weight excluding hydrogens is 463 g/mol. The van der Waals surface area contributed by atoms with E-state index < -0.39 is 11.7 Å². The molecule has 0 radical (unpaired) electrons. The Morgan fingerprint density at radius 3 is 2.65 bits per heavy atom. The number of anilines is 1. The fourth-order valence-corrected chi connectivity index (χ4v) is 5.07. The first-order valence-corrected chi connectivity index (χ1v) is 12.6. The Kier molecular flexibility index (Phi) is 9.04. The molecule has 2 aromatic rings. The summed E-state index contributed by atoms with van der Waals surface area (Å²) in [6.45, 7) is 9.10. The van der Waals surface area contributed by atoms with E-state index in [1.807, 2.05) is 13.8 Å². The summed E-state index contributed by atoms with van der Waals surface area (Å²) in [6.07, 6.45) is 0.985. The van der Waals surface area contributed by atoms with E-state index in [9.17, 15) is 18.0 Å². The van der Waals surface area contributed by atoms with Crippen molar-refractivity contribution in [2.75, 3.05) is 24.2 Å². The molecule has 1 heterocycles. The van der Waals surface area contributed by atoms with Crippen molar-refractivity contribution < 1.29 is 18.0 Å². The molecule has 0 bridgehead atoms. The lowest BCUT2D eigenvalue weighted by molar-refractivity contribution is -0.137. The van der Waals surface area contributed by atoms with Crippen molar-refractivity contribution in [2.45, 2.75) is 69.9 Å². The summed E-state index contributed by atoms with van der Waals surface area (Å²) in [7, 11) is 0. The molecule has 1 aromatic heterocycles. The molecule has 0 spiro atoms. The SMILES string of the molecule is C=C(C)CN(CC)C(=O)CSc1nnc(CNc2cccc(C(F)(F)F)c2)n1C1CCCCC1. The number of nitrogens with zero attached hydrogens (tertiary/aromatic N) is 4. The normalized spacial score (nSPS) is 14.7. The second-order valence-corrected chi connectivity index (χ2v) is 9.59.